The summed E-state index contributed by atoms with van der Waals surface area (Å²) in [5.74, 6) is 0.824. The van der Waals surface area contributed by atoms with Gasteiger partial charge in [-0.25, -0.2) is 0 Å². The van der Waals surface area contributed by atoms with E-state index in [2.05, 4.69) is 45.4 Å². The minimum Gasteiger partial charge on any atom is -0.339 e. The van der Waals surface area contributed by atoms with E-state index in [1.165, 1.54) is 19.3 Å². The molecule has 104 valence electrons. The lowest BCUT2D eigenvalue weighted by molar-refractivity contribution is 0.0563. The van der Waals surface area contributed by atoms with E-state index in [-0.39, 0.29) is 5.91 Å². The summed E-state index contributed by atoms with van der Waals surface area (Å²) in [5.41, 5.74) is 0.857. The number of likely N-dealkylation sites (tertiary alicyclic amines) is 1. The number of rotatable bonds is 2. The fourth-order valence-corrected chi connectivity index (χ4v) is 3.43. The molecule has 1 saturated carbocycles. The van der Waals surface area contributed by atoms with Crippen LogP contribution in [0.15, 0.2) is 16.7 Å². The van der Waals surface area contributed by atoms with Gasteiger partial charge in [-0.05, 0) is 60.5 Å². The van der Waals surface area contributed by atoms with Crippen LogP contribution in [0.3, 0.4) is 0 Å². The Balaban J connectivity index is 1.86. The zero-order chi connectivity index (χ0) is 13.6. The van der Waals surface area contributed by atoms with Crippen molar-refractivity contribution in [2.45, 2.75) is 51.6 Å². The fraction of sp³-hybridized carbons (Fsp3) is 0.667. The van der Waals surface area contributed by atoms with Crippen molar-refractivity contribution in [3.05, 3.63) is 22.4 Å². The molecular weight excluding hydrogens is 304 g/mol. The summed E-state index contributed by atoms with van der Waals surface area (Å²) in [6.07, 6.45) is 6.82. The maximum absolute atomic E-state index is 12.8. The number of piperidine rings is 1. The molecule has 0 N–H and O–H groups in total. The third kappa shape index (κ3) is 2.60. The number of hydrogen-bond acceptors (Lipinski definition) is 1. The molecule has 3 nitrogen and oxygen atoms in total. The number of halogens is 1. The number of nitrogens with zero attached hydrogens (tertiary/aromatic N) is 2. The standard InChI is InChI=1S/C15H21BrN2O/c1-10-3-4-11(2)17(8-10)15(19)14-7-12(16)9-18(14)13-5-6-13/h7,9-11,13H,3-6,8H2,1-2H3. The van der Waals surface area contributed by atoms with E-state index < -0.39 is 0 Å². The lowest BCUT2D eigenvalue weighted by Crippen LogP contribution is -2.45. The molecular formula is C15H21BrN2O. The molecule has 0 bridgehead atoms. The van der Waals surface area contributed by atoms with Crippen LogP contribution in [0.4, 0.5) is 0 Å². The Morgan fingerprint density at radius 1 is 1.26 bits per heavy atom. The zero-order valence-corrected chi connectivity index (χ0v) is 13.2. The van der Waals surface area contributed by atoms with Gasteiger partial charge >= 0.3 is 0 Å². The van der Waals surface area contributed by atoms with Crippen molar-refractivity contribution in [2.75, 3.05) is 6.54 Å². The molecule has 4 heteroatoms. The van der Waals surface area contributed by atoms with Gasteiger partial charge in [0.25, 0.3) is 5.91 Å². The molecule has 2 atom stereocenters. The molecule has 2 fully saturated rings. The topological polar surface area (TPSA) is 25.2 Å². The van der Waals surface area contributed by atoms with Gasteiger partial charge in [0.2, 0.25) is 0 Å². The molecule has 1 aliphatic carbocycles. The molecule has 1 aliphatic heterocycles. The minimum absolute atomic E-state index is 0.205. The summed E-state index contributed by atoms with van der Waals surface area (Å²) < 4.78 is 3.18. The maximum Gasteiger partial charge on any atom is 0.270 e. The fourth-order valence-electron chi connectivity index (χ4n) is 2.99. The summed E-state index contributed by atoms with van der Waals surface area (Å²) >= 11 is 3.51. The van der Waals surface area contributed by atoms with Crippen LogP contribution < -0.4 is 0 Å². The summed E-state index contributed by atoms with van der Waals surface area (Å²) in [6.45, 7) is 5.30. The first-order valence-corrected chi connectivity index (χ1v) is 8.04. The van der Waals surface area contributed by atoms with Crippen LogP contribution in [0.25, 0.3) is 0 Å². The SMILES string of the molecule is CC1CCC(C)N(C(=O)c2cc(Br)cn2C2CC2)C1. The third-order valence-corrected chi connectivity index (χ3v) is 4.79. The minimum atomic E-state index is 0.205. The van der Waals surface area contributed by atoms with Crippen LogP contribution in [0.2, 0.25) is 0 Å². The quantitative estimate of drug-likeness (QED) is 0.811. The molecule has 19 heavy (non-hydrogen) atoms. The normalized spacial score (nSPS) is 27.6. The molecule has 1 saturated heterocycles. The molecule has 2 aliphatic rings. The van der Waals surface area contributed by atoms with Crippen molar-refractivity contribution >= 4 is 21.8 Å². The van der Waals surface area contributed by atoms with Gasteiger partial charge in [-0.3, -0.25) is 4.79 Å². The van der Waals surface area contributed by atoms with Crippen molar-refractivity contribution in [3.63, 3.8) is 0 Å². The van der Waals surface area contributed by atoms with E-state index in [9.17, 15) is 4.79 Å². The smallest absolute Gasteiger partial charge is 0.270 e. The molecule has 3 rings (SSSR count). The number of aromatic nitrogens is 1. The Labute approximate surface area is 123 Å². The van der Waals surface area contributed by atoms with E-state index in [1.54, 1.807) is 0 Å². The Kier molecular flexibility index (Phi) is 3.46. The van der Waals surface area contributed by atoms with Crippen LogP contribution in [0, 0.1) is 5.92 Å². The van der Waals surface area contributed by atoms with E-state index in [1.807, 2.05) is 6.07 Å². The van der Waals surface area contributed by atoms with E-state index >= 15 is 0 Å². The molecule has 1 aromatic rings. The highest BCUT2D eigenvalue weighted by molar-refractivity contribution is 9.10. The molecule has 0 radical (unpaired) electrons. The molecule has 1 aromatic heterocycles. The van der Waals surface area contributed by atoms with Gasteiger partial charge in [-0.2, -0.15) is 0 Å². The first kappa shape index (κ1) is 13.2. The number of carbonyl (C=O) groups excluding carboxylic acids is 1. The van der Waals surface area contributed by atoms with Gasteiger partial charge < -0.3 is 9.47 Å². The third-order valence-electron chi connectivity index (χ3n) is 4.35. The van der Waals surface area contributed by atoms with Crippen LogP contribution in [-0.2, 0) is 0 Å². The molecule has 1 amide bonds. The van der Waals surface area contributed by atoms with Crippen molar-refractivity contribution in [2.24, 2.45) is 5.92 Å². The molecule has 0 aromatic carbocycles. The van der Waals surface area contributed by atoms with Crippen molar-refractivity contribution in [3.8, 4) is 0 Å². The average molecular weight is 325 g/mol. The second-order valence-electron chi connectivity index (χ2n) is 6.17. The number of carbonyl (C=O) groups is 1. The van der Waals surface area contributed by atoms with Gasteiger partial charge in [-0.15, -0.1) is 0 Å². The van der Waals surface area contributed by atoms with Crippen LogP contribution in [-0.4, -0.2) is 28.0 Å². The Bertz CT molecular complexity index is 492. The van der Waals surface area contributed by atoms with Gasteiger partial charge in [0, 0.05) is 29.3 Å². The second kappa shape index (κ2) is 4.97. The van der Waals surface area contributed by atoms with E-state index in [0.717, 1.165) is 23.1 Å². The van der Waals surface area contributed by atoms with Crippen LogP contribution >= 0.6 is 15.9 Å². The lowest BCUT2D eigenvalue weighted by Gasteiger charge is -2.37. The number of hydrogen-bond donors (Lipinski definition) is 0. The number of amides is 1. The largest absolute Gasteiger partial charge is 0.339 e. The van der Waals surface area contributed by atoms with Crippen LogP contribution in [0.5, 0.6) is 0 Å². The highest BCUT2D eigenvalue weighted by Gasteiger charge is 2.32. The lowest BCUT2D eigenvalue weighted by atomic mass is 9.95. The van der Waals surface area contributed by atoms with Gasteiger partial charge in [0.15, 0.2) is 0 Å². The summed E-state index contributed by atoms with van der Waals surface area (Å²) in [4.78, 5) is 14.9. The van der Waals surface area contributed by atoms with E-state index in [0.29, 0.717) is 18.0 Å². The summed E-state index contributed by atoms with van der Waals surface area (Å²) in [7, 11) is 0. The second-order valence-corrected chi connectivity index (χ2v) is 7.09. The predicted octanol–water partition coefficient (Wildman–Crippen LogP) is 3.85. The molecule has 2 unspecified atom stereocenters. The van der Waals surface area contributed by atoms with Crippen LogP contribution in [0.1, 0.15) is 56.1 Å². The maximum atomic E-state index is 12.8. The van der Waals surface area contributed by atoms with Gasteiger partial charge in [0.05, 0.1) is 0 Å². The first-order valence-electron chi connectivity index (χ1n) is 7.24. The summed E-state index contributed by atoms with van der Waals surface area (Å²) in [6, 6.07) is 2.89. The average Bonchev–Trinajstić information content (AvgIpc) is 3.15. The zero-order valence-electron chi connectivity index (χ0n) is 11.6. The highest BCUT2D eigenvalue weighted by Crippen LogP contribution is 2.38. The Morgan fingerprint density at radius 3 is 2.68 bits per heavy atom. The Morgan fingerprint density at radius 2 is 2.00 bits per heavy atom. The van der Waals surface area contributed by atoms with Crippen molar-refractivity contribution < 1.29 is 4.79 Å². The van der Waals surface area contributed by atoms with Gasteiger partial charge in [0.1, 0.15) is 5.69 Å². The van der Waals surface area contributed by atoms with Gasteiger partial charge in [-0.1, -0.05) is 6.92 Å². The molecule has 2 heterocycles. The predicted molar refractivity (Wildman–Crippen MR) is 79.3 cm³/mol. The van der Waals surface area contributed by atoms with Crippen molar-refractivity contribution in [1.29, 1.82) is 0 Å². The highest BCUT2D eigenvalue weighted by atomic mass is 79.9. The monoisotopic (exact) mass is 324 g/mol. The van der Waals surface area contributed by atoms with E-state index in [4.69, 9.17) is 0 Å². The summed E-state index contributed by atoms with van der Waals surface area (Å²) in [5, 5.41) is 0. The first-order chi connectivity index (χ1) is 9.06. The Hall–Kier alpha value is -0.770. The van der Waals surface area contributed by atoms with Crippen molar-refractivity contribution in [1.82, 2.24) is 9.47 Å². The molecule has 0 spiro atoms.